The van der Waals surface area contributed by atoms with Gasteiger partial charge < -0.3 is 15.6 Å². The highest BCUT2D eigenvalue weighted by Crippen LogP contribution is 2.30. The Kier molecular flexibility index (Phi) is 4.97. The van der Waals surface area contributed by atoms with Gasteiger partial charge in [-0.25, -0.2) is 0 Å². The lowest BCUT2D eigenvalue weighted by Gasteiger charge is -2.38. The fourth-order valence-corrected chi connectivity index (χ4v) is 3.46. The Morgan fingerprint density at radius 3 is 3.06 bits per heavy atom. The van der Waals surface area contributed by atoms with Crippen LogP contribution in [0.5, 0.6) is 0 Å². The average molecular weight is 269 g/mol. The fraction of sp³-hybridized carbons (Fsp3) is 0.769. The summed E-state index contributed by atoms with van der Waals surface area (Å²) in [6.45, 7) is 6.33. The molecule has 102 valence electrons. The van der Waals surface area contributed by atoms with Gasteiger partial charge >= 0.3 is 4.87 Å². The maximum atomic E-state index is 11.0. The summed E-state index contributed by atoms with van der Waals surface area (Å²) in [7, 11) is 0. The summed E-state index contributed by atoms with van der Waals surface area (Å²) in [5.74, 6) is 0. The molecule has 2 rings (SSSR count). The molecule has 1 atom stereocenters. The normalized spacial score (nSPS) is 24.3. The van der Waals surface area contributed by atoms with E-state index in [1.807, 2.05) is 5.38 Å². The number of H-pyrrole nitrogens is 1. The molecule has 1 aromatic rings. The molecule has 5 heteroatoms. The highest BCUT2D eigenvalue weighted by Gasteiger charge is 2.30. The highest BCUT2D eigenvalue weighted by molar-refractivity contribution is 7.07. The lowest BCUT2D eigenvalue weighted by Crippen LogP contribution is -2.46. The number of nitrogens with one attached hydrogen (secondary N) is 3. The van der Waals surface area contributed by atoms with Gasteiger partial charge in [-0.05, 0) is 31.2 Å². The maximum absolute atomic E-state index is 11.0. The molecule has 1 aliphatic heterocycles. The lowest BCUT2D eigenvalue weighted by atomic mass is 9.77. The molecule has 3 N–H and O–H groups in total. The zero-order valence-electron chi connectivity index (χ0n) is 11.1. The van der Waals surface area contributed by atoms with Crippen LogP contribution in [0.15, 0.2) is 10.2 Å². The quantitative estimate of drug-likeness (QED) is 0.737. The molecular formula is C13H23N3OS. The molecule has 1 aliphatic rings. The summed E-state index contributed by atoms with van der Waals surface area (Å²) in [4.78, 5) is 13.9. The molecule has 0 aromatic carbocycles. The maximum Gasteiger partial charge on any atom is 0.304 e. The third-order valence-electron chi connectivity index (χ3n) is 3.73. The van der Waals surface area contributed by atoms with Crippen molar-refractivity contribution in [2.24, 2.45) is 5.41 Å². The van der Waals surface area contributed by atoms with Crippen LogP contribution >= 0.6 is 11.3 Å². The average Bonchev–Trinajstić information content (AvgIpc) is 2.77. The SMILES string of the molecule is CCCC1(CNCc2csc(=O)[nH]2)CCCNC1. The first kappa shape index (κ1) is 13.8. The Balaban J connectivity index is 1.83. The summed E-state index contributed by atoms with van der Waals surface area (Å²) in [5.41, 5.74) is 1.41. The first-order valence-electron chi connectivity index (χ1n) is 6.82. The molecule has 4 nitrogen and oxygen atoms in total. The molecule has 0 saturated carbocycles. The van der Waals surface area contributed by atoms with Gasteiger partial charge in [-0.3, -0.25) is 4.79 Å². The molecule has 1 unspecified atom stereocenters. The molecule has 18 heavy (non-hydrogen) atoms. The lowest BCUT2D eigenvalue weighted by molar-refractivity contribution is 0.182. The van der Waals surface area contributed by atoms with Crippen LogP contribution in [0.4, 0.5) is 0 Å². The summed E-state index contributed by atoms with van der Waals surface area (Å²) in [6.07, 6.45) is 5.09. The Labute approximate surface area is 112 Å². The van der Waals surface area contributed by atoms with Gasteiger partial charge in [0.1, 0.15) is 0 Å². The van der Waals surface area contributed by atoms with Gasteiger partial charge in [-0.15, -0.1) is 0 Å². The first-order chi connectivity index (χ1) is 8.74. The van der Waals surface area contributed by atoms with E-state index in [1.54, 1.807) is 0 Å². The van der Waals surface area contributed by atoms with E-state index in [4.69, 9.17) is 0 Å². The third-order valence-corrected chi connectivity index (χ3v) is 4.45. The number of aromatic nitrogens is 1. The van der Waals surface area contributed by atoms with E-state index in [0.29, 0.717) is 5.41 Å². The van der Waals surface area contributed by atoms with Crippen molar-refractivity contribution >= 4 is 11.3 Å². The van der Waals surface area contributed by atoms with Gasteiger partial charge in [-0.1, -0.05) is 24.7 Å². The number of piperidine rings is 1. The van der Waals surface area contributed by atoms with E-state index in [2.05, 4.69) is 22.5 Å². The predicted molar refractivity (Wildman–Crippen MR) is 76.1 cm³/mol. The minimum Gasteiger partial charge on any atom is -0.316 e. The van der Waals surface area contributed by atoms with Gasteiger partial charge in [0.15, 0.2) is 0 Å². The minimum atomic E-state index is 0.0365. The van der Waals surface area contributed by atoms with E-state index in [0.717, 1.165) is 31.9 Å². The van der Waals surface area contributed by atoms with E-state index < -0.39 is 0 Å². The zero-order chi connectivity index (χ0) is 12.8. The molecule has 1 fully saturated rings. The number of hydrogen-bond acceptors (Lipinski definition) is 4. The van der Waals surface area contributed by atoms with E-state index in [9.17, 15) is 4.79 Å². The van der Waals surface area contributed by atoms with Gasteiger partial charge in [-0.2, -0.15) is 0 Å². The van der Waals surface area contributed by atoms with Gasteiger partial charge in [0.2, 0.25) is 0 Å². The van der Waals surface area contributed by atoms with Crippen LogP contribution in [0.1, 0.15) is 38.3 Å². The molecule has 0 spiro atoms. The number of hydrogen-bond donors (Lipinski definition) is 3. The van der Waals surface area contributed by atoms with Gasteiger partial charge in [0, 0.05) is 30.7 Å². The van der Waals surface area contributed by atoms with E-state index in [1.165, 1.54) is 37.0 Å². The van der Waals surface area contributed by atoms with Crippen LogP contribution in [-0.4, -0.2) is 24.6 Å². The van der Waals surface area contributed by atoms with Crippen molar-refractivity contribution in [3.8, 4) is 0 Å². The summed E-state index contributed by atoms with van der Waals surface area (Å²) < 4.78 is 0. The smallest absolute Gasteiger partial charge is 0.304 e. The van der Waals surface area contributed by atoms with Crippen LogP contribution in [0.3, 0.4) is 0 Å². The Bertz CT molecular complexity index is 401. The minimum absolute atomic E-state index is 0.0365. The molecule has 2 heterocycles. The van der Waals surface area contributed by atoms with Crippen LogP contribution in [-0.2, 0) is 6.54 Å². The van der Waals surface area contributed by atoms with Crippen molar-refractivity contribution in [3.05, 3.63) is 20.7 Å². The Hall–Kier alpha value is -0.650. The van der Waals surface area contributed by atoms with Crippen molar-refractivity contribution in [3.63, 3.8) is 0 Å². The van der Waals surface area contributed by atoms with Crippen LogP contribution in [0.2, 0.25) is 0 Å². The predicted octanol–water partition coefficient (Wildman–Crippen LogP) is 1.70. The Morgan fingerprint density at radius 2 is 2.44 bits per heavy atom. The highest BCUT2D eigenvalue weighted by atomic mass is 32.1. The molecule has 1 aromatic heterocycles. The van der Waals surface area contributed by atoms with Crippen molar-refractivity contribution in [1.29, 1.82) is 0 Å². The van der Waals surface area contributed by atoms with Crippen LogP contribution in [0.25, 0.3) is 0 Å². The zero-order valence-corrected chi connectivity index (χ0v) is 11.9. The van der Waals surface area contributed by atoms with Gasteiger partial charge in [0.05, 0.1) is 0 Å². The monoisotopic (exact) mass is 269 g/mol. The number of rotatable bonds is 6. The van der Waals surface area contributed by atoms with Gasteiger partial charge in [0.25, 0.3) is 0 Å². The number of aromatic amines is 1. The number of thiazole rings is 1. The van der Waals surface area contributed by atoms with Crippen LogP contribution in [0, 0.1) is 5.41 Å². The van der Waals surface area contributed by atoms with Crippen LogP contribution < -0.4 is 15.5 Å². The van der Waals surface area contributed by atoms with Crippen molar-refractivity contribution in [1.82, 2.24) is 15.6 Å². The van der Waals surface area contributed by atoms with E-state index >= 15 is 0 Å². The van der Waals surface area contributed by atoms with Crippen molar-refractivity contribution in [2.75, 3.05) is 19.6 Å². The summed E-state index contributed by atoms with van der Waals surface area (Å²) in [5, 5.41) is 8.93. The molecule has 0 amide bonds. The molecule has 0 radical (unpaired) electrons. The standard InChI is InChI=1S/C13H23N3OS/c1-2-4-13(5-3-6-14-9-13)10-15-7-11-8-18-12(17)16-11/h8,14-15H,2-7,9-10H2,1H3,(H,16,17). The second-order valence-corrected chi connectivity index (χ2v) is 6.15. The fourth-order valence-electron chi connectivity index (χ4n) is 2.88. The summed E-state index contributed by atoms with van der Waals surface area (Å²) in [6, 6.07) is 0. The molecule has 1 saturated heterocycles. The second-order valence-electron chi connectivity index (χ2n) is 5.31. The molecular weight excluding hydrogens is 246 g/mol. The topological polar surface area (TPSA) is 56.9 Å². The largest absolute Gasteiger partial charge is 0.316 e. The second kappa shape index (κ2) is 6.50. The molecule has 0 aliphatic carbocycles. The summed E-state index contributed by atoms with van der Waals surface area (Å²) >= 11 is 1.24. The first-order valence-corrected chi connectivity index (χ1v) is 7.70. The Morgan fingerprint density at radius 1 is 1.56 bits per heavy atom. The third kappa shape index (κ3) is 3.67. The van der Waals surface area contributed by atoms with E-state index in [-0.39, 0.29) is 4.87 Å². The van der Waals surface area contributed by atoms with Crippen molar-refractivity contribution in [2.45, 2.75) is 39.2 Å². The molecule has 0 bridgehead atoms. The van der Waals surface area contributed by atoms with Crippen molar-refractivity contribution < 1.29 is 0 Å².